The van der Waals surface area contributed by atoms with E-state index in [1.807, 2.05) is 11.8 Å². The van der Waals surface area contributed by atoms with Crippen molar-refractivity contribution in [2.45, 2.75) is 56.9 Å². The maximum absolute atomic E-state index is 3.73. The molecule has 1 N–H and O–H groups in total. The molecular weight excluding hydrogens is 262 g/mol. The van der Waals surface area contributed by atoms with Gasteiger partial charge < -0.3 is 5.32 Å². The Morgan fingerprint density at radius 2 is 1.95 bits per heavy atom. The number of nitrogens with one attached hydrogen (secondary N) is 1. The molecule has 0 saturated heterocycles. The average Bonchev–Trinajstić information content (AvgIpc) is 2.51. The van der Waals surface area contributed by atoms with E-state index in [0.29, 0.717) is 6.04 Å². The lowest BCUT2D eigenvalue weighted by atomic mass is 9.90. The standard InChI is InChI=1S/C18H27NS/c1-3-14-19-18(15-8-6-5-7-9-15)16-10-12-17(13-11-16)20-4-2/h8,10-13,18-19H,3-7,9,14H2,1-2H3. The minimum Gasteiger partial charge on any atom is -0.307 e. The first-order valence-corrected chi connectivity index (χ1v) is 8.98. The molecule has 0 spiro atoms. The molecule has 0 aliphatic heterocycles. The Hall–Kier alpha value is -0.730. The lowest BCUT2D eigenvalue weighted by molar-refractivity contribution is 0.546. The second kappa shape index (κ2) is 8.53. The van der Waals surface area contributed by atoms with E-state index in [-0.39, 0.29) is 0 Å². The Morgan fingerprint density at radius 1 is 1.15 bits per heavy atom. The van der Waals surface area contributed by atoms with Gasteiger partial charge in [0.05, 0.1) is 6.04 Å². The molecule has 0 fully saturated rings. The van der Waals surface area contributed by atoms with Crippen molar-refractivity contribution in [3.05, 3.63) is 41.5 Å². The molecule has 1 atom stereocenters. The fraction of sp³-hybridized carbons (Fsp3) is 0.556. The van der Waals surface area contributed by atoms with Gasteiger partial charge in [0.25, 0.3) is 0 Å². The summed E-state index contributed by atoms with van der Waals surface area (Å²) in [5, 5.41) is 3.73. The number of hydrogen-bond donors (Lipinski definition) is 1. The Bertz CT molecular complexity index is 422. The highest BCUT2D eigenvalue weighted by Crippen LogP contribution is 2.31. The number of hydrogen-bond acceptors (Lipinski definition) is 2. The molecule has 0 saturated carbocycles. The van der Waals surface area contributed by atoms with Gasteiger partial charge in [-0.3, -0.25) is 0 Å². The summed E-state index contributed by atoms with van der Waals surface area (Å²) in [6.07, 6.45) is 8.87. The summed E-state index contributed by atoms with van der Waals surface area (Å²) in [4.78, 5) is 1.38. The van der Waals surface area contributed by atoms with Crippen LogP contribution in [0.1, 0.15) is 57.6 Å². The van der Waals surface area contributed by atoms with Crippen molar-refractivity contribution in [1.82, 2.24) is 5.32 Å². The molecule has 0 radical (unpaired) electrons. The Morgan fingerprint density at radius 3 is 2.55 bits per heavy atom. The second-order valence-electron chi connectivity index (χ2n) is 5.41. The van der Waals surface area contributed by atoms with E-state index in [0.717, 1.165) is 12.3 Å². The first-order valence-electron chi connectivity index (χ1n) is 8.00. The van der Waals surface area contributed by atoms with Gasteiger partial charge in [0.15, 0.2) is 0 Å². The predicted octanol–water partition coefficient (Wildman–Crippen LogP) is 5.34. The van der Waals surface area contributed by atoms with Gasteiger partial charge in [-0.2, -0.15) is 0 Å². The highest BCUT2D eigenvalue weighted by molar-refractivity contribution is 7.99. The smallest absolute Gasteiger partial charge is 0.0536 e. The zero-order chi connectivity index (χ0) is 14.2. The van der Waals surface area contributed by atoms with Crippen molar-refractivity contribution >= 4 is 11.8 Å². The van der Waals surface area contributed by atoms with Gasteiger partial charge in [0.2, 0.25) is 0 Å². The van der Waals surface area contributed by atoms with E-state index < -0.39 is 0 Å². The minimum absolute atomic E-state index is 0.427. The summed E-state index contributed by atoms with van der Waals surface area (Å²) in [6.45, 7) is 5.53. The van der Waals surface area contributed by atoms with Crippen molar-refractivity contribution < 1.29 is 0 Å². The van der Waals surface area contributed by atoms with Crippen LogP contribution >= 0.6 is 11.8 Å². The lowest BCUT2D eigenvalue weighted by Crippen LogP contribution is -2.24. The normalized spacial score (nSPS) is 16.8. The molecule has 0 aromatic heterocycles. The quantitative estimate of drug-likeness (QED) is 0.537. The Balaban J connectivity index is 2.14. The number of rotatable bonds is 7. The SMILES string of the molecule is CCCNC(C1=CCCCC1)c1ccc(SCC)cc1. The summed E-state index contributed by atoms with van der Waals surface area (Å²) in [5.41, 5.74) is 3.02. The van der Waals surface area contributed by atoms with E-state index in [1.54, 1.807) is 5.57 Å². The van der Waals surface area contributed by atoms with E-state index in [9.17, 15) is 0 Å². The maximum Gasteiger partial charge on any atom is 0.0536 e. The fourth-order valence-electron chi connectivity index (χ4n) is 2.80. The maximum atomic E-state index is 3.73. The molecule has 0 bridgehead atoms. The lowest BCUT2D eigenvalue weighted by Gasteiger charge is -2.25. The zero-order valence-electron chi connectivity index (χ0n) is 12.8. The van der Waals surface area contributed by atoms with Crippen LogP contribution in [0.5, 0.6) is 0 Å². The highest BCUT2D eigenvalue weighted by Gasteiger charge is 2.17. The van der Waals surface area contributed by atoms with Gasteiger partial charge in [-0.05, 0) is 62.1 Å². The number of allylic oxidation sites excluding steroid dienone is 1. The van der Waals surface area contributed by atoms with Crippen molar-refractivity contribution in [2.24, 2.45) is 0 Å². The molecule has 1 aliphatic carbocycles. The first kappa shape index (κ1) is 15.7. The minimum atomic E-state index is 0.427. The third-order valence-corrected chi connectivity index (χ3v) is 4.71. The summed E-state index contributed by atoms with van der Waals surface area (Å²) >= 11 is 1.91. The summed E-state index contributed by atoms with van der Waals surface area (Å²) in [5.74, 6) is 1.14. The van der Waals surface area contributed by atoms with E-state index >= 15 is 0 Å². The largest absolute Gasteiger partial charge is 0.307 e. The molecule has 1 aliphatic rings. The molecule has 20 heavy (non-hydrogen) atoms. The molecule has 0 heterocycles. The second-order valence-corrected chi connectivity index (χ2v) is 6.75. The van der Waals surface area contributed by atoms with Crippen LogP contribution in [-0.2, 0) is 0 Å². The van der Waals surface area contributed by atoms with Crippen LogP contribution < -0.4 is 5.32 Å². The Labute approximate surface area is 128 Å². The van der Waals surface area contributed by atoms with Gasteiger partial charge in [0, 0.05) is 4.90 Å². The molecule has 2 heteroatoms. The fourth-order valence-corrected chi connectivity index (χ4v) is 3.46. The van der Waals surface area contributed by atoms with Crippen molar-refractivity contribution in [2.75, 3.05) is 12.3 Å². The van der Waals surface area contributed by atoms with E-state index in [2.05, 4.69) is 49.5 Å². The van der Waals surface area contributed by atoms with Crippen LogP contribution in [0.15, 0.2) is 40.8 Å². The molecular formula is C18H27NS. The topological polar surface area (TPSA) is 12.0 Å². The predicted molar refractivity (Wildman–Crippen MR) is 90.4 cm³/mol. The molecule has 1 aromatic carbocycles. The van der Waals surface area contributed by atoms with Crippen molar-refractivity contribution in [3.8, 4) is 0 Å². The number of thioether (sulfide) groups is 1. The van der Waals surface area contributed by atoms with Crippen LogP contribution in [0.4, 0.5) is 0 Å². The molecule has 2 rings (SSSR count). The van der Waals surface area contributed by atoms with E-state index in [1.165, 1.54) is 42.6 Å². The molecule has 1 nitrogen and oxygen atoms in total. The molecule has 1 unspecified atom stereocenters. The van der Waals surface area contributed by atoms with Crippen molar-refractivity contribution in [1.29, 1.82) is 0 Å². The number of benzene rings is 1. The van der Waals surface area contributed by atoms with Crippen LogP contribution in [0.2, 0.25) is 0 Å². The van der Waals surface area contributed by atoms with Crippen LogP contribution in [0.25, 0.3) is 0 Å². The summed E-state index contributed by atoms with van der Waals surface area (Å²) < 4.78 is 0. The van der Waals surface area contributed by atoms with Gasteiger partial charge >= 0.3 is 0 Å². The molecule has 1 aromatic rings. The van der Waals surface area contributed by atoms with Crippen LogP contribution in [0, 0.1) is 0 Å². The van der Waals surface area contributed by atoms with Gasteiger partial charge in [-0.25, -0.2) is 0 Å². The highest BCUT2D eigenvalue weighted by atomic mass is 32.2. The average molecular weight is 289 g/mol. The summed E-state index contributed by atoms with van der Waals surface area (Å²) in [7, 11) is 0. The molecule has 110 valence electrons. The van der Waals surface area contributed by atoms with Crippen LogP contribution in [0.3, 0.4) is 0 Å². The Kier molecular flexibility index (Phi) is 6.68. The third kappa shape index (κ3) is 4.39. The van der Waals surface area contributed by atoms with Crippen molar-refractivity contribution in [3.63, 3.8) is 0 Å². The van der Waals surface area contributed by atoms with Gasteiger partial charge in [-0.15, -0.1) is 11.8 Å². The molecule has 0 amide bonds. The van der Waals surface area contributed by atoms with Gasteiger partial charge in [0.1, 0.15) is 0 Å². The summed E-state index contributed by atoms with van der Waals surface area (Å²) in [6, 6.07) is 9.58. The first-order chi connectivity index (χ1) is 9.85. The third-order valence-electron chi connectivity index (χ3n) is 3.82. The van der Waals surface area contributed by atoms with E-state index in [4.69, 9.17) is 0 Å². The zero-order valence-corrected chi connectivity index (χ0v) is 13.6. The van der Waals surface area contributed by atoms with Crippen LogP contribution in [-0.4, -0.2) is 12.3 Å². The van der Waals surface area contributed by atoms with Gasteiger partial charge in [-0.1, -0.05) is 37.6 Å². The monoisotopic (exact) mass is 289 g/mol.